The molecule has 0 aliphatic rings. The third-order valence-electron chi connectivity index (χ3n) is 5.16. The van der Waals surface area contributed by atoms with E-state index in [0.29, 0.717) is 11.3 Å². The number of aliphatic hydroxyl groups is 1. The second-order valence-corrected chi connectivity index (χ2v) is 8.92. The van der Waals surface area contributed by atoms with Gasteiger partial charge in [0.15, 0.2) is 0 Å². The molecule has 35 heavy (non-hydrogen) atoms. The number of hydrogen-bond acceptors (Lipinski definition) is 8. The van der Waals surface area contributed by atoms with Crippen molar-refractivity contribution >= 4 is 11.6 Å². The van der Waals surface area contributed by atoms with E-state index in [9.17, 15) is 19.5 Å². The summed E-state index contributed by atoms with van der Waals surface area (Å²) in [6.07, 6.45) is 2.99. The predicted molar refractivity (Wildman–Crippen MR) is 132 cm³/mol. The minimum Gasteiger partial charge on any atom is -0.496 e. The van der Waals surface area contributed by atoms with Crippen LogP contribution >= 0.6 is 0 Å². The number of hydrogen-bond donors (Lipinski definition) is 2. The van der Waals surface area contributed by atoms with E-state index in [1.807, 2.05) is 0 Å². The zero-order valence-electron chi connectivity index (χ0n) is 21.3. The predicted octanol–water partition coefficient (Wildman–Crippen LogP) is 1.46. The maximum atomic E-state index is 13.3. The number of ether oxygens (including phenoxy) is 1. The van der Waals surface area contributed by atoms with Gasteiger partial charge in [0, 0.05) is 36.1 Å². The van der Waals surface area contributed by atoms with Crippen LogP contribution in [0.15, 0.2) is 39.4 Å². The molecule has 1 amide bonds. The number of pyridine rings is 1. The molecule has 2 heterocycles. The number of aliphatic hydroxyl groups excluding tert-OH is 1. The van der Waals surface area contributed by atoms with E-state index in [0.717, 1.165) is 4.57 Å². The van der Waals surface area contributed by atoms with Crippen molar-refractivity contribution in [3.63, 3.8) is 0 Å². The number of nitrogens with one attached hydrogen (secondary N) is 1. The SMILES string of the molecule is COc1ccncc1C(O)Cn1cc(/C(C)=N/OC(C)C)c(=O)n(C[C@H](C)NC(=O)C(C)C)c1=O. The maximum Gasteiger partial charge on any atom is 0.331 e. The van der Waals surface area contributed by atoms with E-state index in [-0.39, 0.29) is 42.3 Å². The van der Waals surface area contributed by atoms with Crippen molar-refractivity contribution in [2.45, 2.75) is 72.9 Å². The fourth-order valence-corrected chi connectivity index (χ4v) is 3.27. The molecule has 0 aromatic carbocycles. The van der Waals surface area contributed by atoms with Gasteiger partial charge in [-0.25, -0.2) is 4.79 Å². The van der Waals surface area contributed by atoms with Gasteiger partial charge in [-0.05, 0) is 33.8 Å². The van der Waals surface area contributed by atoms with Crippen LogP contribution in [0.25, 0.3) is 0 Å². The van der Waals surface area contributed by atoms with Crippen LogP contribution in [-0.2, 0) is 22.7 Å². The first kappa shape index (κ1) is 27.8. The first-order valence-electron chi connectivity index (χ1n) is 11.5. The van der Waals surface area contributed by atoms with E-state index in [4.69, 9.17) is 9.57 Å². The molecule has 0 aliphatic heterocycles. The fourth-order valence-electron chi connectivity index (χ4n) is 3.27. The van der Waals surface area contributed by atoms with Gasteiger partial charge in [-0.1, -0.05) is 19.0 Å². The smallest absolute Gasteiger partial charge is 0.331 e. The maximum absolute atomic E-state index is 13.3. The van der Waals surface area contributed by atoms with Crippen LogP contribution in [0.5, 0.6) is 5.75 Å². The Morgan fingerprint density at radius 3 is 2.49 bits per heavy atom. The van der Waals surface area contributed by atoms with Crippen LogP contribution in [0.1, 0.15) is 58.8 Å². The Morgan fingerprint density at radius 1 is 1.20 bits per heavy atom. The van der Waals surface area contributed by atoms with Crippen molar-refractivity contribution < 1.29 is 19.5 Å². The highest BCUT2D eigenvalue weighted by molar-refractivity contribution is 5.97. The molecule has 0 fully saturated rings. The summed E-state index contributed by atoms with van der Waals surface area (Å²) < 4.78 is 7.55. The largest absolute Gasteiger partial charge is 0.496 e. The lowest BCUT2D eigenvalue weighted by molar-refractivity contribution is -0.124. The molecule has 0 aliphatic carbocycles. The van der Waals surface area contributed by atoms with E-state index in [2.05, 4.69) is 15.5 Å². The first-order chi connectivity index (χ1) is 16.5. The number of nitrogens with zero attached hydrogens (tertiary/aromatic N) is 4. The standard InChI is InChI=1S/C24H35N5O6/c1-14(2)22(31)26-16(5)11-29-23(32)19(17(6)27-35-15(3)4)12-28(24(29)33)13-20(30)18-10-25-9-8-21(18)34-7/h8-10,12,14-16,20,30H,11,13H2,1-7H3,(H,26,31)/b27-17+/t16-,20?/m0/s1. The molecule has 0 spiro atoms. The lowest BCUT2D eigenvalue weighted by atomic mass is 10.1. The molecule has 0 saturated carbocycles. The van der Waals surface area contributed by atoms with Crippen LogP contribution in [0.3, 0.4) is 0 Å². The molecule has 0 radical (unpaired) electrons. The third-order valence-corrected chi connectivity index (χ3v) is 5.16. The molecular weight excluding hydrogens is 454 g/mol. The summed E-state index contributed by atoms with van der Waals surface area (Å²) in [5, 5.41) is 17.7. The molecule has 2 rings (SSSR count). The molecule has 2 atom stereocenters. The van der Waals surface area contributed by atoms with E-state index < -0.39 is 23.4 Å². The number of amides is 1. The summed E-state index contributed by atoms with van der Waals surface area (Å²) in [6.45, 7) is 10.2. The fraction of sp³-hybridized carbons (Fsp3) is 0.542. The van der Waals surface area contributed by atoms with Crippen molar-refractivity contribution in [2.75, 3.05) is 7.11 Å². The lowest BCUT2D eigenvalue weighted by Gasteiger charge is -2.20. The van der Waals surface area contributed by atoms with Crippen molar-refractivity contribution in [1.29, 1.82) is 0 Å². The van der Waals surface area contributed by atoms with Crippen LogP contribution in [0, 0.1) is 5.92 Å². The normalized spacial score (nSPS) is 13.6. The highest BCUT2D eigenvalue weighted by Gasteiger charge is 2.21. The highest BCUT2D eigenvalue weighted by Crippen LogP contribution is 2.24. The molecule has 11 nitrogen and oxygen atoms in total. The zero-order valence-corrected chi connectivity index (χ0v) is 21.3. The monoisotopic (exact) mass is 489 g/mol. The summed E-state index contributed by atoms with van der Waals surface area (Å²) in [5.74, 6) is -0.0178. The number of oxime groups is 1. The number of aromatic nitrogens is 3. The van der Waals surface area contributed by atoms with Gasteiger partial charge >= 0.3 is 5.69 Å². The molecule has 0 saturated heterocycles. The van der Waals surface area contributed by atoms with Gasteiger partial charge in [0.2, 0.25) is 5.91 Å². The minimum atomic E-state index is -1.14. The lowest BCUT2D eigenvalue weighted by Crippen LogP contribution is -2.48. The number of rotatable bonds is 11. The van der Waals surface area contributed by atoms with Gasteiger partial charge in [0.25, 0.3) is 5.56 Å². The Balaban J connectivity index is 2.54. The van der Waals surface area contributed by atoms with Gasteiger partial charge < -0.3 is 20.0 Å². The van der Waals surface area contributed by atoms with E-state index in [1.54, 1.807) is 47.6 Å². The quantitative estimate of drug-likeness (QED) is 0.360. The van der Waals surface area contributed by atoms with Crippen LogP contribution in [-0.4, -0.2) is 50.1 Å². The summed E-state index contributed by atoms with van der Waals surface area (Å²) >= 11 is 0. The van der Waals surface area contributed by atoms with Crippen molar-refractivity contribution in [1.82, 2.24) is 19.4 Å². The van der Waals surface area contributed by atoms with Crippen LogP contribution < -0.4 is 21.3 Å². The van der Waals surface area contributed by atoms with Crippen LogP contribution in [0.4, 0.5) is 0 Å². The first-order valence-corrected chi connectivity index (χ1v) is 11.5. The van der Waals surface area contributed by atoms with Gasteiger partial charge in [-0.15, -0.1) is 0 Å². The number of carbonyl (C=O) groups is 1. The van der Waals surface area contributed by atoms with Gasteiger partial charge in [0.05, 0.1) is 31.5 Å². The molecule has 2 N–H and O–H groups in total. The molecule has 2 aromatic heterocycles. The van der Waals surface area contributed by atoms with Crippen molar-refractivity contribution in [3.05, 3.63) is 56.6 Å². The Labute approximate surface area is 204 Å². The van der Waals surface area contributed by atoms with Gasteiger partial charge in [-0.2, -0.15) is 0 Å². The molecule has 192 valence electrons. The van der Waals surface area contributed by atoms with Crippen LogP contribution in [0.2, 0.25) is 0 Å². The second kappa shape index (κ2) is 12.3. The molecule has 11 heteroatoms. The summed E-state index contributed by atoms with van der Waals surface area (Å²) in [6, 6.07) is 1.11. The van der Waals surface area contributed by atoms with Gasteiger partial charge in [0.1, 0.15) is 18.0 Å². The van der Waals surface area contributed by atoms with Crippen molar-refractivity contribution in [3.8, 4) is 5.75 Å². The van der Waals surface area contributed by atoms with Crippen molar-refractivity contribution in [2.24, 2.45) is 11.1 Å². The Bertz CT molecular complexity index is 1170. The topological polar surface area (TPSA) is 137 Å². The Morgan fingerprint density at radius 2 is 1.89 bits per heavy atom. The third kappa shape index (κ3) is 7.25. The Hall–Kier alpha value is -3.47. The average molecular weight is 490 g/mol. The highest BCUT2D eigenvalue weighted by atomic mass is 16.6. The number of methoxy groups -OCH3 is 1. The summed E-state index contributed by atoms with van der Waals surface area (Å²) in [4.78, 5) is 47.9. The average Bonchev–Trinajstić information content (AvgIpc) is 2.81. The molecular formula is C24H35N5O6. The zero-order chi connectivity index (χ0) is 26.3. The van der Waals surface area contributed by atoms with E-state index in [1.165, 1.54) is 30.3 Å². The summed E-state index contributed by atoms with van der Waals surface area (Å²) in [5.41, 5.74) is -0.397. The molecule has 0 bridgehead atoms. The second-order valence-electron chi connectivity index (χ2n) is 8.92. The number of carbonyl (C=O) groups excluding carboxylic acids is 1. The van der Waals surface area contributed by atoms with E-state index >= 15 is 0 Å². The molecule has 2 aromatic rings. The summed E-state index contributed by atoms with van der Waals surface area (Å²) in [7, 11) is 1.47. The molecule has 1 unspecified atom stereocenters. The van der Waals surface area contributed by atoms with Gasteiger partial charge in [-0.3, -0.25) is 23.7 Å². The Kier molecular flexibility index (Phi) is 9.76. The minimum absolute atomic E-state index is 0.0609.